The lowest BCUT2D eigenvalue weighted by Crippen LogP contribution is -2.41. The first-order valence-corrected chi connectivity index (χ1v) is 13.6. The monoisotopic (exact) mass is 420 g/mol. The van der Waals surface area contributed by atoms with E-state index in [1.54, 1.807) is 0 Å². The molecule has 0 aromatic rings. The molecule has 1 N–H and O–H groups in total. The zero-order chi connectivity index (χ0) is 19.2. The van der Waals surface area contributed by atoms with E-state index in [2.05, 4.69) is 30.6 Å². The van der Waals surface area contributed by atoms with Crippen LogP contribution in [0.5, 0.6) is 0 Å². The summed E-state index contributed by atoms with van der Waals surface area (Å²) >= 11 is 0. The second-order valence-corrected chi connectivity index (χ2v) is 11.1. The van der Waals surface area contributed by atoms with Crippen LogP contribution in [0.25, 0.3) is 0 Å². The first-order chi connectivity index (χ1) is 12.5. The van der Waals surface area contributed by atoms with Crippen molar-refractivity contribution in [2.45, 2.75) is 59.3 Å². The number of unbranched alkanes of at least 4 members (excludes halogenated alkanes) is 3. The molecule has 152 valence electrons. The molecule has 26 heavy (non-hydrogen) atoms. The molecule has 1 unspecified atom stereocenters. The molecule has 0 saturated carbocycles. The first kappa shape index (κ1) is 24.1. The van der Waals surface area contributed by atoms with Gasteiger partial charge in [0.1, 0.15) is 0 Å². The number of piperidine rings is 1. The van der Waals surface area contributed by atoms with Crippen molar-refractivity contribution in [2.75, 3.05) is 31.1 Å². The van der Waals surface area contributed by atoms with E-state index in [0.29, 0.717) is 11.7 Å². The lowest BCUT2D eigenvalue weighted by atomic mass is 9.97. The maximum absolute atomic E-state index is 12.2. The molecule has 0 radical (unpaired) electrons. The van der Waals surface area contributed by atoms with Crippen LogP contribution in [0.1, 0.15) is 59.3 Å². The molecule has 1 saturated heterocycles. The lowest BCUT2D eigenvalue weighted by Gasteiger charge is -2.29. The van der Waals surface area contributed by atoms with Crippen LogP contribution >= 0.6 is 21.6 Å². The molecular weight excluding hydrogens is 384 g/mol. The van der Waals surface area contributed by atoms with Crippen molar-refractivity contribution >= 4 is 38.5 Å². The minimum absolute atomic E-state index is 0.104. The average molecular weight is 421 g/mol. The van der Waals surface area contributed by atoms with Crippen molar-refractivity contribution in [1.29, 1.82) is 0 Å². The Morgan fingerprint density at radius 1 is 1.23 bits per heavy atom. The normalized spacial score (nSPS) is 17.8. The SMILES string of the molecule is CCS(=O)N1CCC(C(=O)NCCCCCCSS/C=C/C(C)C)CC1. The van der Waals surface area contributed by atoms with Gasteiger partial charge in [0.05, 0.1) is 11.0 Å². The van der Waals surface area contributed by atoms with Gasteiger partial charge >= 0.3 is 0 Å². The van der Waals surface area contributed by atoms with E-state index in [1.165, 1.54) is 25.0 Å². The molecule has 1 aliphatic rings. The van der Waals surface area contributed by atoms with Gasteiger partial charge in [-0.3, -0.25) is 4.79 Å². The molecule has 1 atom stereocenters. The number of rotatable bonds is 13. The van der Waals surface area contributed by atoms with E-state index < -0.39 is 11.0 Å². The molecule has 0 spiro atoms. The fraction of sp³-hybridized carbons (Fsp3) is 0.842. The molecule has 4 nitrogen and oxygen atoms in total. The van der Waals surface area contributed by atoms with Crippen LogP contribution in [-0.2, 0) is 15.8 Å². The zero-order valence-electron chi connectivity index (χ0n) is 16.6. The number of allylic oxidation sites excluding steroid dienone is 1. The summed E-state index contributed by atoms with van der Waals surface area (Å²) in [5, 5.41) is 5.28. The Balaban J connectivity index is 1.95. The number of nitrogens with zero attached hydrogens (tertiary/aromatic N) is 1. The summed E-state index contributed by atoms with van der Waals surface area (Å²) in [5.74, 6) is 2.79. The van der Waals surface area contributed by atoms with E-state index in [0.717, 1.165) is 38.9 Å². The molecule has 0 bridgehead atoms. The summed E-state index contributed by atoms with van der Waals surface area (Å²) in [6.45, 7) is 8.67. The minimum Gasteiger partial charge on any atom is -0.356 e. The third kappa shape index (κ3) is 11.0. The fourth-order valence-electron chi connectivity index (χ4n) is 2.78. The highest BCUT2D eigenvalue weighted by atomic mass is 33.1. The van der Waals surface area contributed by atoms with Crippen LogP contribution in [0.2, 0.25) is 0 Å². The Bertz CT molecular complexity index is 437. The van der Waals surface area contributed by atoms with Crippen LogP contribution in [0.3, 0.4) is 0 Å². The van der Waals surface area contributed by atoms with Gasteiger partial charge in [-0.1, -0.05) is 61.3 Å². The first-order valence-electron chi connectivity index (χ1n) is 9.90. The third-order valence-corrected chi connectivity index (χ3v) is 7.94. The minimum atomic E-state index is -0.862. The Labute approximate surface area is 170 Å². The van der Waals surface area contributed by atoms with Gasteiger partial charge in [-0.15, -0.1) is 0 Å². The molecule has 1 fully saturated rings. The highest BCUT2D eigenvalue weighted by Crippen LogP contribution is 2.24. The summed E-state index contributed by atoms with van der Waals surface area (Å²) < 4.78 is 13.8. The Morgan fingerprint density at radius 3 is 2.58 bits per heavy atom. The van der Waals surface area contributed by atoms with Crippen molar-refractivity contribution in [3.8, 4) is 0 Å². The van der Waals surface area contributed by atoms with Crippen LogP contribution in [0, 0.1) is 11.8 Å². The summed E-state index contributed by atoms with van der Waals surface area (Å²) in [6.07, 6.45) is 8.62. The van der Waals surface area contributed by atoms with E-state index >= 15 is 0 Å². The van der Waals surface area contributed by atoms with E-state index in [9.17, 15) is 9.00 Å². The fourth-order valence-corrected chi connectivity index (χ4v) is 5.71. The molecule has 0 aliphatic carbocycles. The van der Waals surface area contributed by atoms with E-state index in [1.807, 2.05) is 32.8 Å². The van der Waals surface area contributed by atoms with Crippen LogP contribution in [0.15, 0.2) is 11.5 Å². The van der Waals surface area contributed by atoms with Gasteiger partial charge in [0.2, 0.25) is 5.91 Å². The van der Waals surface area contributed by atoms with Crippen molar-refractivity contribution in [2.24, 2.45) is 11.8 Å². The van der Waals surface area contributed by atoms with E-state index in [4.69, 9.17) is 0 Å². The molecule has 1 rings (SSSR count). The Morgan fingerprint density at radius 2 is 1.92 bits per heavy atom. The van der Waals surface area contributed by atoms with Crippen LogP contribution in [-0.4, -0.2) is 45.6 Å². The second-order valence-electron chi connectivity index (χ2n) is 7.01. The van der Waals surface area contributed by atoms with Gasteiger partial charge in [-0.25, -0.2) is 8.51 Å². The zero-order valence-corrected chi connectivity index (χ0v) is 19.0. The summed E-state index contributed by atoms with van der Waals surface area (Å²) in [5.41, 5.74) is 0. The molecule has 1 heterocycles. The molecular formula is C19H36N2O2S3. The van der Waals surface area contributed by atoms with Crippen molar-refractivity contribution in [3.63, 3.8) is 0 Å². The largest absolute Gasteiger partial charge is 0.356 e. The maximum Gasteiger partial charge on any atom is 0.223 e. The second kappa shape index (κ2) is 15.0. The van der Waals surface area contributed by atoms with Gasteiger partial charge in [-0.2, -0.15) is 0 Å². The molecule has 0 aromatic carbocycles. The highest BCUT2D eigenvalue weighted by Gasteiger charge is 2.26. The predicted molar refractivity (Wildman–Crippen MR) is 118 cm³/mol. The summed E-state index contributed by atoms with van der Waals surface area (Å²) in [4.78, 5) is 12.2. The van der Waals surface area contributed by atoms with Gasteiger partial charge in [0, 0.05) is 37.1 Å². The average Bonchev–Trinajstić information content (AvgIpc) is 2.65. The Hall–Kier alpha value is 0.0200. The maximum atomic E-state index is 12.2. The molecule has 0 aromatic heterocycles. The smallest absolute Gasteiger partial charge is 0.223 e. The van der Waals surface area contributed by atoms with Crippen LogP contribution in [0.4, 0.5) is 0 Å². The summed E-state index contributed by atoms with van der Waals surface area (Å²) in [6, 6.07) is 0. The van der Waals surface area contributed by atoms with Gasteiger partial charge in [0.15, 0.2) is 0 Å². The highest BCUT2D eigenvalue weighted by molar-refractivity contribution is 8.77. The number of carbonyl (C=O) groups is 1. The molecule has 1 amide bonds. The number of hydrogen-bond acceptors (Lipinski definition) is 4. The van der Waals surface area contributed by atoms with Crippen molar-refractivity contribution in [3.05, 3.63) is 11.5 Å². The van der Waals surface area contributed by atoms with Gasteiger partial charge < -0.3 is 5.32 Å². The topological polar surface area (TPSA) is 49.4 Å². The molecule has 7 heteroatoms. The van der Waals surface area contributed by atoms with E-state index in [-0.39, 0.29) is 11.8 Å². The molecule has 1 aliphatic heterocycles. The summed E-state index contributed by atoms with van der Waals surface area (Å²) in [7, 11) is 2.89. The Kier molecular flexibility index (Phi) is 13.9. The number of hydrogen-bond donors (Lipinski definition) is 1. The van der Waals surface area contributed by atoms with Crippen LogP contribution < -0.4 is 5.32 Å². The number of carbonyl (C=O) groups excluding carboxylic acids is 1. The lowest BCUT2D eigenvalue weighted by molar-refractivity contribution is -0.126. The number of amides is 1. The number of nitrogens with one attached hydrogen (secondary N) is 1. The quantitative estimate of drug-likeness (QED) is 0.349. The predicted octanol–water partition coefficient (Wildman–Crippen LogP) is 4.61. The standard InChI is InChI=1S/C19H36N2O2S3/c1-4-26(23)21-13-9-18(10-14-21)19(22)20-12-7-5-6-8-15-24-25-16-11-17(2)3/h11,16-18H,4-10,12-15H2,1-3H3,(H,20,22)/b16-11+. The van der Waals surface area contributed by atoms with Gasteiger partial charge in [-0.05, 0) is 37.0 Å². The van der Waals surface area contributed by atoms with Crippen molar-refractivity contribution in [1.82, 2.24) is 9.62 Å². The van der Waals surface area contributed by atoms with Gasteiger partial charge in [0.25, 0.3) is 0 Å². The van der Waals surface area contributed by atoms with Crippen molar-refractivity contribution < 1.29 is 9.00 Å². The third-order valence-electron chi connectivity index (χ3n) is 4.40.